The highest BCUT2D eigenvalue weighted by atomic mass is 16.2. The quantitative estimate of drug-likeness (QED) is 0.517. The highest BCUT2D eigenvalue weighted by molar-refractivity contribution is 6.05. The molecule has 0 saturated carbocycles. The van der Waals surface area contributed by atoms with E-state index in [0.29, 0.717) is 31.0 Å². The molecule has 0 radical (unpaired) electrons. The lowest BCUT2D eigenvalue weighted by molar-refractivity contribution is -0.136. The van der Waals surface area contributed by atoms with E-state index >= 15 is 0 Å². The highest BCUT2D eigenvalue weighted by Gasteiger charge is 2.39. The largest absolute Gasteiger partial charge is 0.324 e. The van der Waals surface area contributed by atoms with Gasteiger partial charge in [0.15, 0.2) is 0 Å². The van der Waals surface area contributed by atoms with Gasteiger partial charge in [-0.1, -0.05) is 24.3 Å². The summed E-state index contributed by atoms with van der Waals surface area (Å²) in [6, 6.07) is 5.48. The van der Waals surface area contributed by atoms with Crippen LogP contribution in [0.1, 0.15) is 40.7 Å². The summed E-state index contributed by atoms with van der Waals surface area (Å²) in [5.41, 5.74) is 8.50. The van der Waals surface area contributed by atoms with Crippen LogP contribution in [0.15, 0.2) is 30.4 Å². The van der Waals surface area contributed by atoms with Crippen LogP contribution < -0.4 is 16.4 Å². The van der Waals surface area contributed by atoms with Gasteiger partial charge in [-0.2, -0.15) is 0 Å². The maximum atomic E-state index is 12.8. The van der Waals surface area contributed by atoms with Crippen molar-refractivity contribution < 1.29 is 14.4 Å². The Kier molecular flexibility index (Phi) is 4.80. The molecule has 2 heterocycles. The Labute approximate surface area is 158 Å². The molecule has 1 aromatic rings. The number of imide groups is 1. The fourth-order valence-corrected chi connectivity index (χ4v) is 4.07. The van der Waals surface area contributed by atoms with Gasteiger partial charge in [0.25, 0.3) is 5.91 Å². The van der Waals surface area contributed by atoms with E-state index in [1.165, 1.54) is 0 Å². The number of amides is 3. The molecule has 0 spiro atoms. The topological polar surface area (TPSA) is 105 Å². The van der Waals surface area contributed by atoms with E-state index in [9.17, 15) is 14.4 Å². The van der Waals surface area contributed by atoms with Crippen molar-refractivity contribution in [2.24, 2.45) is 11.7 Å². The van der Waals surface area contributed by atoms with Crippen LogP contribution in [-0.4, -0.2) is 41.2 Å². The number of nitrogens with two attached hydrogens (primary N) is 1. The number of nitrogens with one attached hydrogen (secondary N) is 2. The number of benzene rings is 1. The zero-order valence-corrected chi connectivity index (χ0v) is 15.1. The summed E-state index contributed by atoms with van der Waals surface area (Å²) in [7, 11) is 0. The first-order chi connectivity index (χ1) is 13.0. The summed E-state index contributed by atoms with van der Waals surface area (Å²) >= 11 is 0. The second-order valence-corrected chi connectivity index (χ2v) is 7.57. The molecule has 4 N–H and O–H groups in total. The lowest BCUT2D eigenvalue weighted by Crippen LogP contribution is -2.52. The maximum Gasteiger partial charge on any atom is 0.255 e. The molecule has 7 nitrogen and oxygen atoms in total. The summed E-state index contributed by atoms with van der Waals surface area (Å²) in [5, 5.41) is 5.75. The molecular formula is C20H24N4O3. The molecule has 4 rings (SSSR count). The smallest absolute Gasteiger partial charge is 0.255 e. The van der Waals surface area contributed by atoms with E-state index in [2.05, 4.69) is 16.7 Å². The number of hydrogen-bond acceptors (Lipinski definition) is 5. The molecule has 2 aliphatic heterocycles. The SMILES string of the molecule is N[C@@H]1C=C[C@H](CNCc2ccc3c(c2)C(=O)N(C2CCC(=O)NC2=O)C3)C1. The summed E-state index contributed by atoms with van der Waals surface area (Å²) < 4.78 is 0. The highest BCUT2D eigenvalue weighted by Crippen LogP contribution is 2.28. The number of hydrogen-bond donors (Lipinski definition) is 3. The molecule has 1 aromatic carbocycles. The molecule has 1 fully saturated rings. The van der Waals surface area contributed by atoms with Gasteiger partial charge in [-0.05, 0) is 36.0 Å². The van der Waals surface area contributed by atoms with Gasteiger partial charge in [0.2, 0.25) is 11.8 Å². The Bertz CT molecular complexity index is 819. The molecule has 1 saturated heterocycles. The van der Waals surface area contributed by atoms with E-state index in [1.54, 1.807) is 4.90 Å². The Morgan fingerprint density at radius 3 is 2.81 bits per heavy atom. The van der Waals surface area contributed by atoms with Gasteiger partial charge in [-0.3, -0.25) is 19.7 Å². The molecule has 1 aliphatic carbocycles. The second kappa shape index (κ2) is 7.25. The van der Waals surface area contributed by atoms with Crippen LogP contribution in [0.2, 0.25) is 0 Å². The molecule has 3 aliphatic rings. The Hall–Kier alpha value is -2.51. The van der Waals surface area contributed by atoms with Crippen molar-refractivity contribution in [2.45, 2.75) is 44.4 Å². The Balaban J connectivity index is 1.38. The summed E-state index contributed by atoms with van der Waals surface area (Å²) in [6.45, 7) is 1.95. The Morgan fingerprint density at radius 2 is 2.07 bits per heavy atom. The van der Waals surface area contributed by atoms with Gasteiger partial charge >= 0.3 is 0 Å². The predicted octanol–water partition coefficient (Wildman–Crippen LogP) is 0.441. The van der Waals surface area contributed by atoms with Crippen LogP contribution in [0, 0.1) is 5.92 Å². The molecule has 3 atom stereocenters. The van der Waals surface area contributed by atoms with Gasteiger partial charge < -0.3 is 16.0 Å². The third-order valence-electron chi connectivity index (χ3n) is 5.53. The number of carbonyl (C=O) groups is 3. The molecular weight excluding hydrogens is 344 g/mol. The van der Waals surface area contributed by atoms with E-state index in [1.807, 2.05) is 24.3 Å². The van der Waals surface area contributed by atoms with Crippen LogP contribution in [0.5, 0.6) is 0 Å². The third-order valence-corrected chi connectivity index (χ3v) is 5.53. The van der Waals surface area contributed by atoms with Gasteiger partial charge in [0.05, 0.1) is 0 Å². The van der Waals surface area contributed by atoms with Crippen molar-refractivity contribution in [3.05, 3.63) is 47.0 Å². The van der Waals surface area contributed by atoms with Gasteiger partial charge in [0, 0.05) is 37.7 Å². The van der Waals surface area contributed by atoms with E-state index in [-0.39, 0.29) is 30.2 Å². The fraction of sp³-hybridized carbons (Fsp3) is 0.450. The number of fused-ring (bicyclic) bond motifs is 1. The average molecular weight is 368 g/mol. The van der Waals surface area contributed by atoms with Crippen LogP contribution in [0.4, 0.5) is 0 Å². The van der Waals surface area contributed by atoms with Crippen molar-refractivity contribution in [3.8, 4) is 0 Å². The van der Waals surface area contributed by atoms with E-state index < -0.39 is 6.04 Å². The maximum absolute atomic E-state index is 12.8. The molecule has 27 heavy (non-hydrogen) atoms. The molecule has 7 heteroatoms. The van der Waals surface area contributed by atoms with E-state index in [0.717, 1.165) is 24.1 Å². The lowest BCUT2D eigenvalue weighted by Gasteiger charge is -2.29. The number of rotatable bonds is 5. The van der Waals surface area contributed by atoms with Gasteiger partial charge in [-0.25, -0.2) is 0 Å². The predicted molar refractivity (Wildman–Crippen MR) is 99.4 cm³/mol. The monoisotopic (exact) mass is 368 g/mol. The normalized spacial score (nSPS) is 27.2. The molecule has 1 unspecified atom stereocenters. The van der Waals surface area contributed by atoms with Crippen molar-refractivity contribution in [1.82, 2.24) is 15.5 Å². The van der Waals surface area contributed by atoms with Crippen LogP contribution in [-0.2, 0) is 22.7 Å². The third kappa shape index (κ3) is 3.65. The first-order valence-electron chi connectivity index (χ1n) is 9.42. The average Bonchev–Trinajstić information content (AvgIpc) is 3.19. The van der Waals surface area contributed by atoms with Crippen molar-refractivity contribution >= 4 is 17.7 Å². The summed E-state index contributed by atoms with van der Waals surface area (Å²) in [5.74, 6) is -0.325. The standard InChI is InChI=1S/C20H24N4O3/c21-15-4-2-12(7-15)9-22-10-13-1-3-14-11-24(20(27)16(14)8-13)17-5-6-18(25)23-19(17)26/h1-4,8,12,15,17,22H,5-7,9-11,21H2,(H,23,25,26)/t12-,15+,17?/m0/s1. The van der Waals surface area contributed by atoms with Crippen LogP contribution >= 0.6 is 0 Å². The van der Waals surface area contributed by atoms with Crippen LogP contribution in [0.3, 0.4) is 0 Å². The molecule has 3 amide bonds. The van der Waals surface area contributed by atoms with Gasteiger partial charge in [-0.15, -0.1) is 0 Å². The fourth-order valence-electron chi connectivity index (χ4n) is 4.07. The first kappa shape index (κ1) is 17.9. The molecule has 142 valence electrons. The number of nitrogens with zero attached hydrogens (tertiary/aromatic N) is 1. The molecule has 0 bridgehead atoms. The summed E-state index contributed by atoms with van der Waals surface area (Å²) in [6.07, 6.45) is 5.82. The number of carbonyl (C=O) groups excluding carboxylic acids is 3. The number of piperidine rings is 1. The minimum absolute atomic E-state index is 0.133. The van der Waals surface area contributed by atoms with Crippen LogP contribution in [0.25, 0.3) is 0 Å². The Morgan fingerprint density at radius 1 is 1.22 bits per heavy atom. The van der Waals surface area contributed by atoms with Crippen molar-refractivity contribution in [1.29, 1.82) is 0 Å². The van der Waals surface area contributed by atoms with Gasteiger partial charge in [0.1, 0.15) is 6.04 Å². The lowest BCUT2D eigenvalue weighted by atomic mass is 10.0. The first-order valence-corrected chi connectivity index (χ1v) is 9.42. The van der Waals surface area contributed by atoms with Crippen molar-refractivity contribution in [3.63, 3.8) is 0 Å². The minimum Gasteiger partial charge on any atom is -0.324 e. The van der Waals surface area contributed by atoms with E-state index in [4.69, 9.17) is 5.73 Å². The summed E-state index contributed by atoms with van der Waals surface area (Å²) in [4.78, 5) is 37.8. The second-order valence-electron chi connectivity index (χ2n) is 7.57. The zero-order chi connectivity index (χ0) is 19.0. The zero-order valence-electron chi connectivity index (χ0n) is 15.1. The minimum atomic E-state index is -0.567. The molecule has 0 aromatic heterocycles. The van der Waals surface area contributed by atoms with Crippen molar-refractivity contribution in [2.75, 3.05) is 6.54 Å².